The number of carbonyl (C=O) groups excluding carboxylic acids is 1. The molecule has 8 heteroatoms. The number of esters is 1. The highest BCUT2D eigenvalue weighted by Gasteiger charge is 2.20. The van der Waals surface area contributed by atoms with Gasteiger partial charge in [0.1, 0.15) is 5.69 Å². The quantitative estimate of drug-likeness (QED) is 0.723. The number of benzene rings is 1. The van der Waals surface area contributed by atoms with Gasteiger partial charge in [0, 0.05) is 0 Å². The summed E-state index contributed by atoms with van der Waals surface area (Å²) in [6.07, 6.45) is 1.51. The first-order chi connectivity index (χ1) is 10.3. The van der Waals surface area contributed by atoms with Crippen LogP contribution in [0.25, 0.3) is 17.2 Å². The topological polar surface area (TPSA) is 98.6 Å². The van der Waals surface area contributed by atoms with Crippen molar-refractivity contribution in [3.05, 3.63) is 42.4 Å². The third-order valence-corrected chi connectivity index (χ3v) is 2.71. The number of carbonyl (C=O) groups is 1. The van der Waals surface area contributed by atoms with Gasteiger partial charge in [0.2, 0.25) is 0 Å². The van der Waals surface area contributed by atoms with Gasteiger partial charge in [0.15, 0.2) is 5.82 Å². The second-order valence-electron chi connectivity index (χ2n) is 4.08. The average Bonchev–Trinajstić information content (AvgIpc) is 3.17. The highest BCUT2D eigenvalue weighted by molar-refractivity contribution is 5.85. The fourth-order valence-corrected chi connectivity index (χ4v) is 1.82. The normalized spacial score (nSPS) is 10.5. The van der Waals surface area contributed by atoms with Crippen LogP contribution >= 0.6 is 0 Å². The van der Waals surface area contributed by atoms with Gasteiger partial charge in [-0.05, 0) is 19.1 Å². The summed E-state index contributed by atoms with van der Waals surface area (Å²) in [5, 5.41) is 14.4. The van der Waals surface area contributed by atoms with Crippen LogP contribution in [0, 0.1) is 0 Å². The van der Waals surface area contributed by atoms with E-state index in [1.165, 1.54) is 10.9 Å². The summed E-state index contributed by atoms with van der Waals surface area (Å²) in [7, 11) is 0. The number of aromatic amines is 1. The number of nitrogens with zero attached hydrogens (tertiary/aromatic N) is 5. The summed E-state index contributed by atoms with van der Waals surface area (Å²) in [6, 6.07) is 9.34. The Kier molecular flexibility index (Phi) is 3.42. The summed E-state index contributed by atoms with van der Waals surface area (Å²) in [5.74, 6) is -0.173. The highest BCUT2D eigenvalue weighted by atomic mass is 16.5. The molecule has 0 spiro atoms. The predicted octanol–water partition coefficient (Wildman–Crippen LogP) is 1.23. The standard InChI is InChI=1S/C13H12N6O2/c1-2-21-13(20)11-15-12(10-8-14-18-16-10)19(17-11)9-6-4-3-5-7-9/h3-8H,2H2,1H3,(H,14,16,18). The Morgan fingerprint density at radius 2 is 2.14 bits per heavy atom. The van der Waals surface area contributed by atoms with Crippen LogP contribution in [0.3, 0.4) is 0 Å². The Morgan fingerprint density at radius 1 is 1.33 bits per heavy atom. The maximum Gasteiger partial charge on any atom is 0.378 e. The molecule has 106 valence electrons. The molecule has 0 fully saturated rings. The first-order valence-electron chi connectivity index (χ1n) is 6.35. The van der Waals surface area contributed by atoms with Gasteiger partial charge >= 0.3 is 5.97 Å². The van der Waals surface area contributed by atoms with E-state index in [-0.39, 0.29) is 12.4 Å². The Bertz CT molecular complexity index is 735. The van der Waals surface area contributed by atoms with Crippen molar-refractivity contribution in [2.24, 2.45) is 0 Å². The van der Waals surface area contributed by atoms with Crippen LogP contribution in [-0.2, 0) is 4.74 Å². The molecular weight excluding hydrogens is 272 g/mol. The van der Waals surface area contributed by atoms with Gasteiger partial charge < -0.3 is 4.74 Å². The van der Waals surface area contributed by atoms with E-state index in [1.54, 1.807) is 6.92 Å². The molecule has 2 aromatic heterocycles. The molecule has 0 unspecified atom stereocenters. The lowest BCUT2D eigenvalue weighted by Crippen LogP contribution is -2.07. The third-order valence-electron chi connectivity index (χ3n) is 2.71. The van der Waals surface area contributed by atoms with Crippen molar-refractivity contribution < 1.29 is 9.53 Å². The molecule has 2 heterocycles. The SMILES string of the molecule is CCOC(=O)c1nc(-c2cn[nH]n2)n(-c2ccccc2)n1. The number of rotatable bonds is 4. The van der Waals surface area contributed by atoms with E-state index in [0.29, 0.717) is 11.5 Å². The second kappa shape index (κ2) is 5.53. The molecule has 1 N–H and O–H groups in total. The summed E-state index contributed by atoms with van der Waals surface area (Å²) >= 11 is 0. The van der Waals surface area contributed by atoms with Crippen molar-refractivity contribution in [2.45, 2.75) is 6.92 Å². The molecule has 21 heavy (non-hydrogen) atoms. The van der Waals surface area contributed by atoms with Crippen LogP contribution in [0.4, 0.5) is 0 Å². The molecule has 0 atom stereocenters. The van der Waals surface area contributed by atoms with Crippen LogP contribution < -0.4 is 0 Å². The average molecular weight is 284 g/mol. The van der Waals surface area contributed by atoms with Gasteiger partial charge in [-0.15, -0.1) is 5.10 Å². The van der Waals surface area contributed by atoms with E-state index in [9.17, 15) is 4.79 Å². The van der Waals surface area contributed by atoms with Gasteiger partial charge in [-0.25, -0.2) is 9.48 Å². The van der Waals surface area contributed by atoms with Gasteiger partial charge in [-0.3, -0.25) is 0 Å². The molecule has 0 aliphatic carbocycles. The van der Waals surface area contributed by atoms with Crippen LogP contribution in [0.2, 0.25) is 0 Å². The van der Waals surface area contributed by atoms with Gasteiger partial charge in [-0.2, -0.15) is 20.4 Å². The maximum atomic E-state index is 11.8. The highest BCUT2D eigenvalue weighted by Crippen LogP contribution is 2.18. The Labute approximate surface area is 119 Å². The largest absolute Gasteiger partial charge is 0.460 e. The molecule has 0 saturated heterocycles. The Hall–Kier alpha value is -3.03. The third kappa shape index (κ3) is 2.50. The van der Waals surface area contributed by atoms with Crippen molar-refractivity contribution in [1.29, 1.82) is 0 Å². The minimum atomic E-state index is -0.572. The Balaban J connectivity index is 2.11. The number of H-pyrrole nitrogens is 1. The molecule has 8 nitrogen and oxygen atoms in total. The second-order valence-corrected chi connectivity index (χ2v) is 4.08. The van der Waals surface area contributed by atoms with E-state index in [1.807, 2.05) is 30.3 Å². The molecule has 3 aromatic rings. The smallest absolute Gasteiger partial charge is 0.378 e. The lowest BCUT2D eigenvalue weighted by atomic mass is 10.3. The summed E-state index contributed by atoms with van der Waals surface area (Å²) < 4.78 is 6.46. The number of aromatic nitrogens is 6. The van der Waals surface area contributed by atoms with Crippen molar-refractivity contribution >= 4 is 5.97 Å². The summed E-state index contributed by atoms with van der Waals surface area (Å²) in [6.45, 7) is 1.99. The predicted molar refractivity (Wildman–Crippen MR) is 72.7 cm³/mol. The fourth-order valence-electron chi connectivity index (χ4n) is 1.82. The van der Waals surface area contributed by atoms with Crippen molar-refractivity contribution in [1.82, 2.24) is 30.2 Å². The van der Waals surface area contributed by atoms with Crippen molar-refractivity contribution in [3.63, 3.8) is 0 Å². The number of ether oxygens (including phenoxy) is 1. The van der Waals surface area contributed by atoms with Crippen molar-refractivity contribution in [3.8, 4) is 17.2 Å². The maximum absolute atomic E-state index is 11.8. The van der Waals surface area contributed by atoms with Crippen LogP contribution in [0.1, 0.15) is 17.5 Å². The van der Waals surface area contributed by atoms with Crippen molar-refractivity contribution in [2.75, 3.05) is 6.61 Å². The first-order valence-corrected chi connectivity index (χ1v) is 6.35. The van der Waals surface area contributed by atoms with E-state index >= 15 is 0 Å². The lowest BCUT2D eigenvalue weighted by Gasteiger charge is -2.02. The number of para-hydroxylation sites is 1. The molecule has 0 saturated carbocycles. The molecule has 3 rings (SSSR count). The van der Waals surface area contributed by atoms with Crippen LogP contribution in [0.5, 0.6) is 0 Å². The zero-order valence-corrected chi connectivity index (χ0v) is 11.2. The molecule has 0 aliphatic rings. The van der Waals surface area contributed by atoms with E-state index in [0.717, 1.165) is 5.69 Å². The summed E-state index contributed by atoms with van der Waals surface area (Å²) in [5.41, 5.74) is 1.25. The molecule has 1 aromatic carbocycles. The van der Waals surface area contributed by atoms with E-state index in [4.69, 9.17) is 4.74 Å². The number of hydrogen-bond donors (Lipinski definition) is 1. The van der Waals surface area contributed by atoms with E-state index < -0.39 is 5.97 Å². The zero-order valence-electron chi connectivity index (χ0n) is 11.2. The fraction of sp³-hybridized carbons (Fsp3) is 0.154. The van der Waals surface area contributed by atoms with Gasteiger partial charge in [-0.1, -0.05) is 18.2 Å². The number of hydrogen-bond acceptors (Lipinski definition) is 6. The molecular formula is C13H12N6O2. The molecule has 0 aliphatic heterocycles. The van der Waals surface area contributed by atoms with Crippen LogP contribution in [0.15, 0.2) is 36.5 Å². The monoisotopic (exact) mass is 284 g/mol. The zero-order chi connectivity index (χ0) is 14.7. The van der Waals surface area contributed by atoms with Crippen LogP contribution in [-0.4, -0.2) is 42.8 Å². The Morgan fingerprint density at radius 3 is 2.81 bits per heavy atom. The number of nitrogens with one attached hydrogen (secondary N) is 1. The molecule has 0 bridgehead atoms. The van der Waals surface area contributed by atoms with Gasteiger partial charge in [0.05, 0.1) is 18.5 Å². The first kappa shape index (κ1) is 13.0. The van der Waals surface area contributed by atoms with Gasteiger partial charge in [0.25, 0.3) is 5.82 Å². The molecule has 0 radical (unpaired) electrons. The van der Waals surface area contributed by atoms with E-state index in [2.05, 4.69) is 25.5 Å². The minimum Gasteiger partial charge on any atom is -0.460 e. The lowest BCUT2D eigenvalue weighted by molar-refractivity contribution is 0.0512. The summed E-state index contributed by atoms with van der Waals surface area (Å²) in [4.78, 5) is 16.0. The minimum absolute atomic E-state index is 0.0151. The molecule has 0 amide bonds.